The number of aliphatic hydroxyl groups excluding tert-OH is 3. The van der Waals surface area contributed by atoms with E-state index in [4.69, 9.17) is 15.1 Å². The maximum absolute atomic E-state index is 13.4. The number of hydrogen-bond acceptors (Lipinski definition) is 8. The van der Waals surface area contributed by atoms with Crippen LogP contribution in [0.15, 0.2) is 11.0 Å². The van der Waals surface area contributed by atoms with Gasteiger partial charge in [0, 0.05) is 0 Å². The lowest BCUT2D eigenvalue weighted by atomic mass is 10.1. The van der Waals surface area contributed by atoms with Gasteiger partial charge in [0.05, 0.1) is 12.8 Å². The number of halogens is 1. The summed E-state index contributed by atoms with van der Waals surface area (Å²) in [6.45, 7) is -0.574. The minimum absolute atomic E-state index is 0.574. The minimum Gasteiger partial charge on any atom is -0.394 e. The van der Waals surface area contributed by atoms with Crippen molar-refractivity contribution in [2.75, 3.05) is 12.1 Å². The third-order valence-corrected chi connectivity index (χ3v) is 2.80. The van der Waals surface area contributed by atoms with Crippen molar-refractivity contribution >= 4 is 5.82 Å². The molecule has 2 rings (SSSR count). The van der Waals surface area contributed by atoms with Crippen molar-refractivity contribution in [1.82, 2.24) is 9.55 Å². The maximum atomic E-state index is 13.4. The number of hydrogen-bond donors (Lipinski definition) is 5. The summed E-state index contributed by atoms with van der Waals surface area (Å²) in [6.07, 6.45) is -4.75. The summed E-state index contributed by atoms with van der Waals surface area (Å²) < 4.78 is 19.1. The third-order valence-electron chi connectivity index (χ3n) is 2.80. The van der Waals surface area contributed by atoms with Gasteiger partial charge in [-0.25, -0.2) is 14.7 Å². The molecule has 106 valence electrons. The summed E-state index contributed by atoms with van der Waals surface area (Å²) in [5.41, 5.74) is 0.395. The summed E-state index contributed by atoms with van der Waals surface area (Å²) in [4.78, 5) is 14.8. The van der Waals surface area contributed by atoms with Crippen LogP contribution in [0.4, 0.5) is 10.2 Å². The largest absolute Gasteiger partial charge is 0.394 e. The van der Waals surface area contributed by atoms with Gasteiger partial charge in [-0.1, -0.05) is 0 Å². The van der Waals surface area contributed by atoms with Gasteiger partial charge >= 0.3 is 5.69 Å². The number of anilines is 1. The van der Waals surface area contributed by atoms with Crippen molar-refractivity contribution in [2.24, 2.45) is 0 Å². The average molecular weight is 277 g/mol. The molecule has 2 heterocycles. The molecule has 1 aromatic heterocycles. The fourth-order valence-electron chi connectivity index (χ4n) is 1.82. The van der Waals surface area contributed by atoms with Gasteiger partial charge in [-0.2, -0.15) is 4.98 Å². The highest BCUT2D eigenvalue weighted by atomic mass is 19.1. The molecule has 1 aliphatic rings. The standard InChI is InChI=1S/C9H12FN3O6/c10-3-1-13(9(17)11-7(3)12-18)8-6(16)5(15)4(2-14)19-8/h1,4-6,8,14-16,18H,2H2,(H,11,12,17)/t4-,5-,6-,8?/m1/s1. The van der Waals surface area contributed by atoms with Crippen LogP contribution in [-0.4, -0.2) is 55.0 Å². The summed E-state index contributed by atoms with van der Waals surface area (Å²) in [5.74, 6) is -1.73. The predicted octanol–water partition coefficient (Wildman–Crippen LogP) is -2.20. The molecule has 1 aromatic rings. The van der Waals surface area contributed by atoms with Crippen LogP contribution in [0.1, 0.15) is 6.23 Å². The van der Waals surface area contributed by atoms with Crippen molar-refractivity contribution in [3.63, 3.8) is 0 Å². The number of aromatic nitrogens is 2. The summed E-state index contributed by atoms with van der Waals surface area (Å²) in [5, 5.41) is 36.7. The predicted molar refractivity (Wildman–Crippen MR) is 56.9 cm³/mol. The zero-order valence-electron chi connectivity index (χ0n) is 9.47. The molecule has 5 N–H and O–H groups in total. The van der Waals surface area contributed by atoms with Crippen LogP contribution in [0.5, 0.6) is 0 Å². The Bertz CT molecular complexity index is 523. The van der Waals surface area contributed by atoms with E-state index in [0.717, 1.165) is 0 Å². The van der Waals surface area contributed by atoms with Crippen LogP contribution in [0.3, 0.4) is 0 Å². The van der Waals surface area contributed by atoms with E-state index < -0.39 is 48.5 Å². The van der Waals surface area contributed by atoms with Crippen molar-refractivity contribution in [1.29, 1.82) is 0 Å². The first-order chi connectivity index (χ1) is 8.99. The van der Waals surface area contributed by atoms with Crippen LogP contribution >= 0.6 is 0 Å². The Morgan fingerprint density at radius 1 is 1.47 bits per heavy atom. The fraction of sp³-hybridized carbons (Fsp3) is 0.556. The van der Waals surface area contributed by atoms with Crippen LogP contribution < -0.4 is 11.2 Å². The molecule has 0 saturated carbocycles. The summed E-state index contributed by atoms with van der Waals surface area (Å²) >= 11 is 0. The number of ether oxygens (including phenoxy) is 1. The lowest BCUT2D eigenvalue weighted by Crippen LogP contribution is -2.36. The van der Waals surface area contributed by atoms with E-state index >= 15 is 0 Å². The van der Waals surface area contributed by atoms with Gasteiger partial charge in [-0.3, -0.25) is 9.77 Å². The molecular weight excluding hydrogens is 265 g/mol. The van der Waals surface area contributed by atoms with Gasteiger partial charge in [0.25, 0.3) is 0 Å². The third kappa shape index (κ3) is 2.31. The molecule has 0 bridgehead atoms. The Hall–Kier alpha value is -1.59. The Morgan fingerprint density at radius 2 is 2.16 bits per heavy atom. The molecule has 0 aliphatic carbocycles. The van der Waals surface area contributed by atoms with Gasteiger partial charge in [-0.15, -0.1) is 0 Å². The van der Waals surface area contributed by atoms with Crippen molar-refractivity contribution in [2.45, 2.75) is 24.5 Å². The van der Waals surface area contributed by atoms with E-state index in [9.17, 15) is 19.4 Å². The van der Waals surface area contributed by atoms with Crippen LogP contribution in [0, 0.1) is 5.82 Å². The van der Waals surface area contributed by atoms with E-state index in [1.165, 1.54) is 5.48 Å². The Balaban J connectivity index is 2.38. The molecule has 0 amide bonds. The van der Waals surface area contributed by atoms with E-state index in [2.05, 4.69) is 4.98 Å². The van der Waals surface area contributed by atoms with Gasteiger partial charge in [-0.05, 0) is 0 Å². The van der Waals surface area contributed by atoms with Crippen LogP contribution in [0.25, 0.3) is 0 Å². The zero-order valence-corrected chi connectivity index (χ0v) is 9.47. The molecule has 0 spiro atoms. The average Bonchev–Trinajstić information content (AvgIpc) is 2.68. The van der Waals surface area contributed by atoms with Crippen LogP contribution in [-0.2, 0) is 4.74 Å². The van der Waals surface area contributed by atoms with E-state index in [1.807, 2.05) is 0 Å². The Kier molecular flexibility index (Phi) is 3.78. The van der Waals surface area contributed by atoms with E-state index in [1.54, 1.807) is 0 Å². The van der Waals surface area contributed by atoms with E-state index in [0.29, 0.717) is 10.8 Å². The lowest BCUT2D eigenvalue weighted by Gasteiger charge is -2.17. The monoisotopic (exact) mass is 277 g/mol. The summed E-state index contributed by atoms with van der Waals surface area (Å²) in [7, 11) is 0. The second kappa shape index (κ2) is 5.19. The number of rotatable bonds is 3. The van der Waals surface area contributed by atoms with Gasteiger partial charge in [0.15, 0.2) is 17.9 Å². The number of nitrogens with one attached hydrogen (secondary N) is 1. The molecule has 0 radical (unpaired) electrons. The topological polar surface area (TPSA) is 137 Å². The maximum Gasteiger partial charge on any atom is 0.351 e. The van der Waals surface area contributed by atoms with Crippen LogP contribution in [0.2, 0.25) is 0 Å². The van der Waals surface area contributed by atoms with Crippen molar-refractivity contribution in [3.05, 3.63) is 22.5 Å². The Morgan fingerprint density at radius 3 is 2.68 bits per heavy atom. The highest BCUT2D eigenvalue weighted by Gasteiger charge is 2.44. The second-order valence-electron chi connectivity index (χ2n) is 3.97. The normalized spacial score (nSPS) is 30.6. The van der Waals surface area contributed by atoms with Gasteiger partial charge < -0.3 is 20.1 Å². The van der Waals surface area contributed by atoms with Gasteiger partial charge in [0.2, 0.25) is 0 Å². The highest BCUT2D eigenvalue weighted by Crippen LogP contribution is 2.28. The molecule has 4 atom stereocenters. The first-order valence-electron chi connectivity index (χ1n) is 5.30. The van der Waals surface area contributed by atoms with Gasteiger partial charge in [0.1, 0.15) is 18.3 Å². The first kappa shape index (κ1) is 13.8. The smallest absolute Gasteiger partial charge is 0.351 e. The molecule has 10 heteroatoms. The number of aliphatic hydroxyl groups is 3. The van der Waals surface area contributed by atoms with E-state index in [-0.39, 0.29) is 0 Å². The first-order valence-corrected chi connectivity index (χ1v) is 5.30. The molecule has 19 heavy (non-hydrogen) atoms. The Labute approximate surface area is 105 Å². The molecule has 1 aliphatic heterocycles. The molecule has 1 unspecified atom stereocenters. The van der Waals surface area contributed by atoms with Crippen molar-refractivity contribution < 1.29 is 29.7 Å². The minimum atomic E-state index is -1.52. The zero-order chi connectivity index (χ0) is 14.2. The van der Waals surface area contributed by atoms with Crippen molar-refractivity contribution in [3.8, 4) is 0 Å². The SMILES string of the molecule is O=c1nc(NO)c(F)cn1C1O[C@H](CO)[C@@H](O)[C@H]1O. The number of nitrogens with zero attached hydrogens (tertiary/aromatic N) is 2. The molecule has 0 aromatic carbocycles. The fourth-order valence-corrected chi connectivity index (χ4v) is 1.82. The second-order valence-corrected chi connectivity index (χ2v) is 3.97. The molecule has 1 saturated heterocycles. The molecule has 1 fully saturated rings. The highest BCUT2D eigenvalue weighted by molar-refractivity contribution is 5.30. The lowest BCUT2D eigenvalue weighted by molar-refractivity contribution is -0.0553. The quantitative estimate of drug-likeness (QED) is 0.392. The molecule has 9 nitrogen and oxygen atoms in total. The molecular formula is C9H12FN3O6. The summed E-state index contributed by atoms with van der Waals surface area (Å²) in [6, 6.07) is 0.